The second-order valence-electron chi connectivity index (χ2n) is 5.09. The Kier molecular flexibility index (Phi) is 2.93. The van der Waals surface area contributed by atoms with Crippen molar-refractivity contribution in [3.05, 3.63) is 28.2 Å². The Labute approximate surface area is 106 Å². The van der Waals surface area contributed by atoms with Crippen molar-refractivity contribution in [3.63, 3.8) is 0 Å². The first-order chi connectivity index (χ1) is 7.86. The molecule has 86 valence electrons. The van der Waals surface area contributed by atoms with Crippen LogP contribution in [-0.4, -0.2) is 6.54 Å². The highest BCUT2D eigenvalue weighted by atomic mass is 79.9. The molecule has 1 saturated carbocycles. The van der Waals surface area contributed by atoms with Crippen LogP contribution in [0.5, 0.6) is 0 Å². The molecule has 1 atom stereocenters. The van der Waals surface area contributed by atoms with Crippen LogP contribution in [0, 0.1) is 5.92 Å². The first-order valence-corrected chi connectivity index (χ1v) is 7.18. The van der Waals surface area contributed by atoms with Gasteiger partial charge in [-0.15, -0.1) is 0 Å². The van der Waals surface area contributed by atoms with Gasteiger partial charge in [0.2, 0.25) is 0 Å². The minimum atomic E-state index is 0.757. The lowest BCUT2D eigenvalue weighted by atomic mass is 9.78. The van der Waals surface area contributed by atoms with Crippen molar-refractivity contribution in [2.24, 2.45) is 5.92 Å². The van der Waals surface area contributed by atoms with Crippen LogP contribution in [0.15, 0.2) is 22.7 Å². The van der Waals surface area contributed by atoms with Gasteiger partial charge in [0, 0.05) is 16.9 Å². The van der Waals surface area contributed by atoms with Gasteiger partial charge in [0.25, 0.3) is 0 Å². The molecule has 2 heteroatoms. The molecule has 0 saturated heterocycles. The van der Waals surface area contributed by atoms with Crippen LogP contribution in [-0.2, 0) is 0 Å². The lowest BCUT2D eigenvalue weighted by Gasteiger charge is -2.27. The fourth-order valence-electron chi connectivity index (χ4n) is 3.32. The summed E-state index contributed by atoms with van der Waals surface area (Å²) in [5.41, 5.74) is 2.89. The van der Waals surface area contributed by atoms with E-state index in [0.717, 1.165) is 18.4 Å². The van der Waals surface area contributed by atoms with E-state index in [-0.39, 0.29) is 0 Å². The number of hydrogen-bond acceptors (Lipinski definition) is 1. The summed E-state index contributed by atoms with van der Waals surface area (Å²) in [5.74, 6) is 1.67. The zero-order valence-electron chi connectivity index (χ0n) is 9.51. The van der Waals surface area contributed by atoms with Gasteiger partial charge in [0.1, 0.15) is 0 Å². The third kappa shape index (κ3) is 1.77. The summed E-state index contributed by atoms with van der Waals surface area (Å²) in [6, 6.07) is 6.61. The first-order valence-electron chi connectivity index (χ1n) is 6.38. The number of benzene rings is 1. The number of nitrogens with one attached hydrogen (secondary N) is 1. The van der Waals surface area contributed by atoms with E-state index in [2.05, 4.69) is 39.4 Å². The van der Waals surface area contributed by atoms with E-state index in [0.29, 0.717) is 0 Å². The molecule has 0 spiro atoms. The van der Waals surface area contributed by atoms with E-state index >= 15 is 0 Å². The summed E-state index contributed by atoms with van der Waals surface area (Å²) < 4.78 is 1.23. The normalized spacial score (nSPS) is 25.2. The van der Waals surface area contributed by atoms with Crippen LogP contribution < -0.4 is 5.32 Å². The van der Waals surface area contributed by atoms with Crippen molar-refractivity contribution < 1.29 is 0 Å². The van der Waals surface area contributed by atoms with Gasteiger partial charge in [0.15, 0.2) is 0 Å². The molecule has 1 aliphatic heterocycles. The van der Waals surface area contributed by atoms with Gasteiger partial charge in [-0.1, -0.05) is 31.4 Å². The minimum Gasteiger partial charge on any atom is -0.383 e. The lowest BCUT2D eigenvalue weighted by molar-refractivity contribution is 0.316. The molecule has 3 rings (SSSR count). The standard InChI is InChI=1S/C14H18BrN/c15-13-8-4-7-11-12(9-16-14(11)13)10-5-2-1-3-6-10/h4,7-8,10,12,16H,1-3,5-6,9H2. The zero-order chi connectivity index (χ0) is 11.0. The van der Waals surface area contributed by atoms with Crippen LogP contribution >= 0.6 is 15.9 Å². The summed E-state index contributed by atoms with van der Waals surface area (Å²) in [5, 5.41) is 3.57. The highest BCUT2D eigenvalue weighted by Gasteiger charge is 2.31. The molecule has 16 heavy (non-hydrogen) atoms. The second kappa shape index (κ2) is 4.40. The van der Waals surface area contributed by atoms with Crippen LogP contribution in [0.1, 0.15) is 43.6 Å². The zero-order valence-corrected chi connectivity index (χ0v) is 11.1. The maximum Gasteiger partial charge on any atom is 0.0521 e. The molecule has 0 radical (unpaired) electrons. The summed E-state index contributed by atoms with van der Waals surface area (Å²) >= 11 is 3.64. The van der Waals surface area contributed by atoms with E-state index in [1.54, 1.807) is 5.56 Å². The van der Waals surface area contributed by atoms with Crippen molar-refractivity contribution in [3.8, 4) is 0 Å². The molecule has 1 aromatic carbocycles. The largest absolute Gasteiger partial charge is 0.383 e. The number of halogens is 1. The Morgan fingerprint density at radius 2 is 1.94 bits per heavy atom. The van der Waals surface area contributed by atoms with Crippen molar-refractivity contribution in [2.45, 2.75) is 38.0 Å². The minimum absolute atomic E-state index is 0.757. The Balaban J connectivity index is 1.87. The molecule has 0 amide bonds. The van der Waals surface area contributed by atoms with Crippen molar-refractivity contribution >= 4 is 21.6 Å². The molecule has 1 aliphatic carbocycles. The fourth-order valence-corrected chi connectivity index (χ4v) is 3.84. The Hall–Kier alpha value is -0.500. The van der Waals surface area contributed by atoms with E-state index in [9.17, 15) is 0 Å². The second-order valence-corrected chi connectivity index (χ2v) is 5.94. The molecule has 1 nitrogen and oxygen atoms in total. The lowest BCUT2D eigenvalue weighted by Crippen LogP contribution is -2.17. The number of rotatable bonds is 1. The quantitative estimate of drug-likeness (QED) is 0.796. The number of hydrogen-bond donors (Lipinski definition) is 1. The topological polar surface area (TPSA) is 12.0 Å². The fraction of sp³-hybridized carbons (Fsp3) is 0.571. The Bertz CT molecular complexity index is 382. The number of anilines is 1. The van der Waals surface area contributed by atoms with Gasteiger partial charge in [-0.25, -0.2) is 0 Å². The summed E-state index contributed by atoms with van der Waals surface area (Å²) in [7, 11) is 0. The molecule has 1 unspecified atom stereocenters. The van der Waals surface area contributed by atoms with E-state index < -0.39 is 0 Å². The monoisotopic (exact) mass is 279 g/mol. The highest BCUT2D eigenvalue weighted by molar-refractivity contribution is 9.10. The van der Waals surface area contributed by atoms with Gasteiger partial charge in [-0.2, -0.15) is 0 Å². The third-order valence-electron chi connectivity index (χ3n) is 4.16. The maximum atomic E-state index is 3.64. The third-order valence-corrected chi connectivity index (χ3v) is 4.82. The van der Waals surface area contributed by atoms with Crippen molar-refractivity contribution in [1.82, 2.24) is 0 Å². The summed E-state index contributed by atoms with van der Waals surface area (Å²) in [6.07, 6.45) is 7.17. The first kappa shape index (κ1) is 10.6. The average molecular weight is 280 g/mol. The molecule has 0 aromatic heterocycles. The molecule has 1 N–H and O–H groups in total. The van der Waals surface area contributed by atoms with Crippen LogP contribution in [0.25, 0.3) is 0 Å². The maximum absolute atomic E-state index is 3.64. The summed E-state index contributed by atoms with van der Waals surface area (Å²) in [6.45, 7) is 1.14. The highest BCUT2D eigenvalue weighted by Crippen LogP contribution is 2.44. The molecule has 0 bridgehead atoms. The molecular weight excluding hydrogens is 262 g/mol. The van der Waals surface area contributed by atoms with Gasteiger partial charge >= 0.3 is 0 Å². The van der Waals surface area contributed by atoms with Crippen molar-refractivity contribution in [2.75, 3.05) is 11.9 Å². The van der Waals surface area contributed by atoms with Crippen LogP contribution in [0.2, 0.25) is 0 Å². The van der Waals surface area contributed by atoms with Gasteiger partial charge in [-0.3, -0.25) is 0 Å². The van der Waals surface area contributed by atoms with E-state index in [1.165, 1.54) is 42.3 Å². The number of para-hydroxylation sites is 1. The predicted molar refractivity (Wildman–Crippen MR) is 71.9 cm³/mol. The van der Waals surface area contributed by atoms with Crippen LogP contribution in [0.4, 0.5) is 5.69 Å². The SMILES string of the molecule is Brc1cccc2c1NCC2C1CCCCC1. The van der Waals surface area contributed by atoms with Gasteiger partial charge < -0.3 is 5.32 Å². The van der Waals surface area contributed by atoms with E-state index in [4.69, 9.17) is 0 Å². The van der Waals surface area contributed by atoms with Crippen LogP contribution in [0.3, 0.4) is 0 Å². The molecular formula is C14H18BrN. The van der Waals surface area contributed by atoms with Crippen molar-refractivity contribution in [1.29, 1.82) is 0 Å². The van der Waals surface area contributed by atoms with Gasteiger partial charge in [0.05, 0.1) is 5.69 Å². The molecule has 1 fully saturated rings. The Morgan fingerprint density at radius 1 is 1.12 bits per heavy atom. The molecule has 1 heterocycles. The summed E-state index contributed by atoms with van der Waals surface area (Å²) in [4.78, 5) is 0. The van der Waals surface area contributed by atoms with E-state index in [1.807, 2.05) is 0 Å². The van der Waals surface area contributed by atoms with Gasteiger partial charge in [-0.05, 0) is 46.3 Å². The number of fused-ring (bicyclic) bond motifs is 1. The average Bonchev–Trinajstić information content (AvgIpc) is 2.75. The Morgan fingerprint density at radius 3 is 2.75 bits per heavy atom. The molecule has 2 aliphatic rings. The molecule has 1 aromatic rings. The smallest absolute Gasteiger partial charge is 0.0521 e. The predicted octanol–water partition coefficient (Wildman–Crippen LogP) is 4.54.